The monoisotopic (exact) mass is 333 g/mol. The summed E-state index contributed by atoms with van der Waals surface area (Å²) in [7, 11) is 0. The molecule has 0 aliphatic carbocycles. The van der Waals surface area contributed by atoms with Gasteiger partial charge in [0.15, 0.2) is 0 Å². The second kappa shape index (κ2) is 5.81. The van der Waals surface area contributed by atoms with Crippen molar-refractivity contribution < 1.29 is 17.9 Å². The molecule has 2 aromatic carbocycles. The third-order valence-electron chi connectivity index (χ3n) is 4.95. The summed E-state index contributed by atoms with van der Waals surface area (Å²) in [5.74, 6) is 0.136. The van der Waals surface area contributed by atoms with Crippen molar-refractivity contribution in [2.24, 2.45) is 5.92 Å². The van der Waals surface area contributed by atoms with Gasteiger partial charge in [-0.25, -0.2) is 0 Å². The molecule has 24 heavy (non-hydrogen) atoms. The van der Waals surface area contributed by atoms with Crippen molar-refractivity contribution in [3.8, 4) is 0 Å². The first kappa shape index (κ1) is 15.5. The number of benzene rings is 2. The molecule has 0 aromatic heterocycles. The summed E-state index contributed by atoms with van der Waals surface area (Å²) in [6, 6.07) is 14.0. The summed E-state index contributed by atoms with van der Waals surface area (Å²) in [5, 5.41) is 3.44. The van der Waals surface area contributed by atoms with E-state index in [9.17, 15) is 13.2 Å². The van der Waals surface area contributed by atoms with E-state index in [1.165, 1.54) is 12.1 Å². The quantitative estimate of drug-likeness (QED) is 0.760. The van der Waals surface area contributed by atoms with E-state index < -0.39 is 11.7 Å². The van der Waals surface area contributed by atoms with Crippen LogP contribution in [-0.2, 0) is 10.9 Å². The number of anilines is 1. The Morgan fingerprint density at radius 1 is 1.04 bits per heavy atom. The third-order valence-corrected chi connectivity index (χ3v) is 4.95. The molecule has 0 unspecified atom stereocenters. The molecule has 2 aromatic rings. The Labute approximate surface area is 138 Å². The van der Waals surface area contributed by atoms with Crippen LogP contribution in [-0.4, -0.2) is 6.61 Å². The van der Waals surface area contributed by atoms with Gasteiger partial charge in [0.2, 0.25) is 0 Å². The Morgan fingerprint density at radius 2 is 1.83 bits per heavy atom. The van der Waals surface area contributed by atoms with Crippen LogP contribution in [0.5, 0.6) is 0 Å². The summed E-state index contributed by atoms with van der Waals surface area (Å²) in [4.78, 5) is 0. The number of halogens is 3. The van der Waals surface area contributed by atoms with Gasteiger partial charge >= 0.3 is 6.18 Å². The minimum atomic E-state index is -4.34. The summed E-state index contributed by atoms with van der Waals surface area (Å²) in [5.41, 5.74) is 1.89. The lowest BCUT2D eigenvalue weighted by Crippen LogP contribution is -2.36. The van der Waals surface area contributed by atoms with Crippen molar-refractivity contribution in [3.05, 3.63) is 65.2 Å². The highest BCUT2D eigenvalue weighted by Gasteiger charge is 2.41. The van der Waals surface area contributed by atoms with Gasteiger partial charge in [-0.05, 0) is 36.6 Å². The zero-order valence-electron chi connectivity index (χ0n) is 13.0. The zero-order chi connectivity index (χ0) is 16.7. The van der Waals surface area contributed by atoms with Crippen LogP contribution in [0.2, 0.25) is 0 Å². The lowest BCUT2D eigenvalue weighted by Gasteiger charge is -2.43. The smallest absolute Gasteiger partial charge is 0.378 e. The highest BCUT2D eigenvalue weighted by atomic mass is 19.4. The van der Waals surface area contributed by atoms with Crippen LogP contribution in [0.1, 0.15) is 41.7 Å². The van der Waals surface area contributed by atoms with Crippen LogP contribution < -0.4 is 5.32 Å². The number of nitrogens with one attached hydrogen (secondary N) is 1. The molecule has 2 heterocycles. The third kappa shape index (κ3) is 2.67. The first-order valence-electron chi connectivity index (χ1n) is 8.18. The highest BCUT2D eigenvalue weighted by molar-refractivity contribution is 5.58. The molecule has 0 bridgehead atoms. The molecule has 1 saturated heterocycles. The second-order valence-electron chi connectivity index (χ2n) is 6.43. The number of rotatable bonds is 1. The van der Waals surface area contributed by atoms with Crippen molar-refractivity contribution >= 4 is 5.69 Å². The standard InChI is InChI=1S/C19H18F3NO/c20-19(21,22)13-8-9-16-15(11-13)18-14(7-4-10-24-18)17(23-16)12-5-2-1-3-6-12/h1-3,5-6,8-9,11,14,17-18,23H,4,7,10H2/t14-,17-,18-/m0/s1. The second-order valence-corrected chi connectivity index (χ2v) is 6.43. The molecule has 2 nitrogen and oxygen atoms in total. The van der Waals surface area contributed by atoms with Gasteiger partial charge in [0, 0.05) is 23.8 Å². The Balaban J connectivity index is 1.77. The van der Waals surface area contributed by atoms with Crippen LogP contribution in [0.25, 0.3) is 0 Å². The summed E-state index contributed by atoms with van der Waals surface area (Å²) in [6.45, 7) is 0.596. The molecule has 2 aliphatic rings. The fraction of sp³-hybridized carbons (Fsp3) is 0.368. The van der Waals surface area contributed by atoms with Crippen molar-refractivity contribution in [1.29, 1.82) is 0 Å². The van der Waals surface area contributed by atoms with Gasteiger partial charge in [-0.1, -0.05) is 30.3 Å². The highest BCUT2D eigenvalue weighted by Crippen LogP contribution is 2.50. The minimum Gasteiger partial charge on any atom is -0.378 e. The van der Waals surface area contributed by atoms with Gasteiger partial charge in [0.05, 0.1) is 17.7 Å². The van der Waals surface area contributed by atoms with Gasteiger partial charge in [-0.3, -0.25) is 0 Å². The number of alkyl halides is 3. The average Bonchev–Trinajstić information content (AvgIpc) is 2.60. The van der Waals surface area contributed by atoms with E-state index in [-0.39, 0.29) is 18.1 Å². The van der Waals surface area contributed by atoms with Crippen molar-refractivity contribution in [2.45, 2.75) is 31.2 Å². The summed E-state index contributed by atoms with van der Waals surface area (Å²) < 4.78 is 45.1. The number of ether oxygens (including phenoxy) is 1. The van der Waals surface area contributed by atoms with Crippen LogP contribution in [0, 0.1) is 5.92 Å². The van der Waals surface area contributed by atoms with E-state index in [1.807, 2.05) is 18.2 Å². The van der Waals surface area contributed by atoms with E-state index in [2.05, 4.69) is 17.4 Å². The molecular weight excluding hydrogens is 315 g/mol. The van der Waals surface area contributed by atoms with Crippen LogP contribution in [0.4, 0.5) is 18.9 Å². The number of hydrogen-bond donors (Lipinski definition) is 1. The van der Waals surface area contributed by atoms with Gasteiger partial charge in [0.1, 0.15) is 0 Å². The molecule has 1 fully saturated rings. The van der Waals surface area contributed by atoms with Crippen molar-refractivity contribution in [1.82, 2.24) is 0 Å². The fourth-order valence-electron chi connectivity index (χ4n) is 3.84. The van der Waals surface area contributed by atoms with Crippen molar-refractivity contribution in [3.63, 3.8) is 0 Å². The Hall–Kier alpha value is -2.01. The summed E-state index contributed by atoms with van der Waals surface area (Å²) >= 11 is 0. The SMILES string of the molecule is FC(F)(F)c1ccc2c(c1)[C@H]1OCCC[C@H]1[C@H](c1ccccc1)N2. The Morgan fingerprint density at radius 3 is 2.58 bits per heavy atom. The Bertz CT molecular complexity index is 729. The fourth-order valence-corrected chi connectivity index (χ4v) is 3.84. The molecule has 0 spiro atoms. The largest absolute Gasteiger partial charge is 0.416 e. The molecule has 0 amide bonds. The van der Waals surface area contributed by atoms with Crippen LogP contribution in [0.15, 0.2) is 48.5 Å². The average molecular weight is 333 g/mol. The summed E-state index contributed by atoms with van der Waals surface area (Å²) in [6.07, 6.45) is -2.76. The van der Waals surface area contributed by atoms with E-state index in [1.54, 1.807) is 0 Å². The van der Waals surface area contributed by atoms with Gasteiger partial charge in [0.25, 0.3) is 0 Å². The van der Waals surface area contributed by atoms with Crippen LogP contribution in [0.3, 0.4) is 0 Å². The maximum absolute atomic E-state index is 13.1. The molecular formula is C19H18F3NO. The van der Waals surface area contributed by atoms with E-state index in [0.717, 1.165) is 30.2 Å². The minimum absolute atomic E-state index is 0.0562. The first-order valence-corrected chi connectivity index (χ1v) is 8.18. The Kier molecular flexibility index (Phi) is 3.76. The van der Waals surface area contributed by atoms with E-state index in [4.69, 9.17) is 4.74 Å². The van der Waals surface area contributed by atoms with E-state index in [0.29, 0.717) is 12.2 Å². The van der Waals surface area contributed by atoms with Crippen molar-refractivity contribution in [2.75, 3.05) is 11.9 Å². The maximum atomic E-state index is 13.1. The zero-order valence-corrected chi connectivity index (χ0v) is 13.0. The van der Waals surface area contributed by atoms with Gasteiger partial charge in [-0.2, -0.15) is 13.2 Å². The molecule has 0 saturated carbocycles. The predicted octanol–water partition coefficient (Wildman–Crippen LogP) is 5.34. The van der Waals surface area contributed by atoms with Gasteiger partial charge < -0.3 is 10.1 Å². The molecule has 4 rings (SSSR count). The molecule has 2 aliphatic heterocycles. The number of hydrogen-bond acceptors (Lipinski definition) is 2. The molecule has 3 atom stereocenters. The van der Waals surface area contributed by atoms with Crippen LogP contribution >= 0.6 is 0 Å². The maximum Gasteiger partial charge on any atom is 0.416 e. The number of fused-ring (bicyclic) bond motifs is 3. The topological polar surface area (TPSA) is 21.3 Å². The molecule has 126 valence electrons. The first-order chi connectivity index (χ1) is 11.5. The molecule has 5 heteroatoms. The van der Waals surface area contributed by atoms with E-state index >= 15 is 0 Å². The predicted molar refractivity (Wildman–Crippen MR) is 85.7 cm³/mol. The normalized spacial score (nSPS) is 26.2. The van der Waals surface area contributed by atoms with Gasteiger partial charge in [-0.15, -0.1) is 0 Å². The molecule has 1 N–H and O–H groups in total. The lowest BCUT2D eigenvalue weighted by molar-refractivity contribution is -0.137. The molecule has 0 radical (unpaired) electrons. The lowest BCUT2D eigenvalue weighted by atomic mass is 9.77.